The second-order valence-electron chi connectivity index (χ2n) is 5.92. The van der Waals surface area contributed by atoms with E-state index in [4.69, 9.17) is 0 Å². The summed E-state index contributed by atoms with van der Waals surface area (Å²) in [5.74, 6) is 0.00168. The van der Waals surface area contributed by atoms with Crippen LogP contribution < -0.4 is 10.6 Å². The first-order valence-corrected chi connectivity index (χ1v) is 6.93. The van der Waals surface area contributed by atoms with Gasteiger partial charge in [0, 0.05) is 38.1 Å². The average molecular weight is 251 g/mol. The molecule has 3 saturated heterocycles. The van der Waals surface area contributed by atoms with Gasteiger partial charge in [-0.3, -0.25) is 9.59 Å². The molecular weight excluding hydrogens is 230 g/mol. The van der Waals surface area contributed by atoms with Crippen LogP contribution in [0.25, 0.3) is 0 Å². The van der Waals surface area contributed by atoms with Crippen molar-refractivity contribution in [2.24, 2.45) is 5.92 Å². The van der Waals surface area contributed by atoms with Crippen LogP contribution in [0.2, 0.25) is 0 Å². The Morgan fingerprint density at radius 2 is 1.94 bits per heavy atom. The number of hydrogen-bond acceptors (Lipinski definition) is 3. The van der Waals surface area contributed by atoms with E-state index >= 15 is 0 Å². The lowest BCUT2D eigenvalue weighted by molar-refractivity contribution is -0.137. The zero-order chi connectivity index (χ0) is 12.7. The van der Waals surface area contributed by atoms with Crippen molar-refractivity contribution in [3.63, 3.8) is 0 Å². The monoisotopic (exact) mass is 251 g/mol. The second kappa shape index (κ2) is 4.53. The molecule has 0 spiro atoms. The van der Waals surface area contributed by atoms with Crippen molar-refractivity contribution in [3.05, 3.63) is 0 Å². The van der Waals surface area contributed by atoms with Crippen LogP contribution in [0.15, 0.2) is 0 Å². The summed E-state index contributed by atoms with van der Waals surface area (Å²) in [6.07, 6.45) is 4.97. The Kier molecular flexibility index (Phi) is 3.01. The first-order valence-electron chi connectivity index (χ1n) is 6.93. The number of carbonyl (C=O) groups excluding carboxylic acids is 2. The van der Waals surface area contributed by atoms with Crippen molar-refractivity contribution in [3.8, 4) is 0 Å². The van der Waals surface area contributed by atoms with Gasteiger partial charge in [0.15, 0.2) is 0 Å². The van der Waals surface area contributed by atoms with Gasteiger partial charge < -0.3 is 15.5 Å². The van der Waals surface area contributed by atoms with E-state index in [0.717, 1.165) is 12.8 Å². The molecule has 3 rings (SSSR count). The lowest BCUT2D eigenvalue weighted by atomic mass is 9.97. The molecule has 3 unspecified atom stereocenters. The number of rotatable bonds is 2. The summed E-state index contributed by atoms with van der Waals surface area (Å²) in [5, 5.41) is 6.33. The lowest BCUT2D eigenvalue weighted by Crippen LogP contribution is -2.50. The fourth-order valence-corrected chi connectivity index (χ4v) is 3.59. The highest BCUT2D eigenvalue weighted by Crippen LogP contribution is 2.30. The van der Waals surface area contributed by atoms with Gasteiger partial charge in [0.1, 0.15) is 0 Å². The smallest absolute Gasteiger partial charge is 0.227 e. The molecule has 3 heterocycles. The molecule has 3 aliphatic rings. The summed E-state index contributed by atoms with van der Waals surface area (Å²) >= 11 is 0. The number of amides is 2. The predicted octanol–water partition coefficient (Wildman–Crippen LogP) is -0.136. The fourth-order valence-electron chi connectivity index (χ4n) is 3.59. The molecule has 2 amide bonds. The molecule has 0 saturated carbocycles. The summed E-state index contributed by atoms with van der Waals surface area (Å²) in [6, 6.07) is 1.53. The van der Waals surface area contributed by atoms with E-state index in [1.165, 1.54) is 12.8 Å². The van der Waals surface area contributed by atoms with E-state index in [0.29, 0.717) is 31.1 Å². The number of carbonyl (C=O) groups is 2. The molecule has 0 aromatic rings. The molecule has 3 aliphatic heterocycles. The standard InChI is InChI=1S/C13H21N3O2/c1-16(13(18)8-4-12(17)14-7-8)11-5-9-2-3-10(6-11)15-9/h8-11,15H,2-7H2,1H3,(H,14,17). The maximum Gasteiger partial charge on any atom is 0.227 e. The average Bonchev–Trinajstić information content (AvgIpc) is 2.94. The minimum Gasteiger partial charge on any atom is -0.355 e. The number of nitrogens with zero attached hydrogens (tertiary/aromatic N) is 1. The highest BCUT2D eigenvalue weighted by molar-refractivity contribution is 5.89. The quantitative estimate of drug-likeness (QED) is 0.718. The molecule has 100 valence electrons. The molecule has 3 atom stereocenters. The molecule has 0 aromatic heterocycles. The van der Waals surface area contributed by atoms with Crippen LogP contribution in [0.4, 0.5) is 0 Å². The summed E-state index contributed by atoms with van der Waals surface area (Å²) in [5.41, 5.74) is 0. The van der Waals surface area contributed by atoms with Gasteiger partial charge in [0.2, 0.25) is 11.8 Å². The molecule has 0 radical (unpaired) electrons. The van der Waals surface area contributed by atoms with Gasteiger partial charge in [-0.25, -0.2) is 0 Å². The van der Waals surface area contributed by atoms with Crippen molar-refractivity contribution in [1.29, 1.82) is 0 Å². The van der Waals surface area contributed by atoms with Gasteiger partial charge in [0.05, 0.1) is 5.92 Å². The minimum atomic E-state index is -0.143. The third-order valence-corrected chi connectivity index (χ3v) is 4.67. The normalized spacial score (nSPS) is 38.6. The Morgan fingerprint density at radius 1 is 1.28 bits per heavy atom. The van der Waals surface area contributed by atoms with Crippen LogP contribution in [-0.2, 0) is 9.59 Å². The molecule has 3 fully saturated rings. The first kappa shape index (κ1) is 12.0. The molecule has 18 heavy (non-hydrogen) atoms. The summed E-state index contributed by atoms with van der Waals surface area (Å²) in [4.78, 5) is 25.4. The number of fused-ring (bicyclic) bond motifs is 2. The van der Waals surface area contributed by atoms with Crippen LogP contribution in [0.3, 0.4) is 0 Å². The van der Waals surface area contributed by atoms with E-state index in [-0.39, 0.29) is 17.7 Å². The van der Waals surface area contributed by atoms with Crippen LogP contribution in [0.1, 0.15) is 32.1 Å². The van der Waals surface area contributed by atoms with E-state index in [1.54, 1.807) is 0 Å². The van der Waals surface area contributed by atoms with Crippen LogP contribution in [0, 0.1) is 5.92 Å². The zero-order valence-electron chi connectivity index (χ0n) is 10.8. The molecule has 2 bridgehead atoms. The van der Waals surface area contributed by atoms with Gasteiger partial charge in [-0.15, -0.1) is 0 Å². The first-order chi connectivity index (χ1) is 8.63. The molecule has 5 nitrogen and oxygen atoms in total. The van der Waals surface area contributed by atoms with Crippen molar-refractivity contribution >= 4 is 11.8 Å². The number of piperidine rings is 1. The fraction of sp³-hybridized carbons (Fsp3) is 0.846. The highest BCUT2D eigenvalue weighted by atomic mass is 16.2. The largest absolute Gasteiger partial charge is 0.355 e. The molecule has 0 aromatic carbocycles. The van der Waals surface area contributed by atoms with Gasteiger partial charge in [-0.05, 0) is 25.7 Å². The van der Waals surface area contributed by atoms with Crippen molar-refractivity contribution < 1.29 is 9.59 Å². The van der Waals surface area contributed by atoms with Gasteiger partial charge in [-0.1, -0.05) is 0 Å². The van der Waals surface area contributed by atoms with Crippen LogP contribution in [0.5, 0.6) is 0 Å². The van der Waals surface area contributed by atoms with Crippen LogP contribution >= 0.6 is 0 Å². The maximum absolute atomic E-state index is 12.3. The summed E-state index contributed by atoms with van der Waals surface area (Å²) in [7, 11) is 1.90. The SMILES string of the molecule is CN(C(=O)C1CNC(=O)C1)C1CC2CCC(C1)N2. The molecular formula is C13H21N3O2. The Morgan fingerprint density at radius 3 is 2.50 bits per heavy atom. The van der Waals surface area contributed by atoms with Gasteiger partial charge in [0.25, 0.3) is 0 Å². The third-order valence-electron chi connectivity index (χ3n) is 4.67. The van der Waals surface area contributed by atoms with Crippen molar-refractivity contribution in [2.75, 3.05) is 13.6 Å². The third kappa shape index (κ3) is 2.11. The van der Waals surface area contributed by atoms with Gasteiger partial charge in [-0.2, -0.15) is 0 Å². The Labute approximate surface area is 107 Å². The second-order valence-corrected chi connectivity index (χ2v) is 5.92. The Hall–Kier alpha value is -1.10. The maximum atomic E-state index is 12.3. The van der Waals surface area contributed by atoms with Crippen LogP contribution in [-0.4, -0.2) is 48.4 Å². The van der Waals surface area contributed by atoms with E-state index in [1.807, 2.05) is 11.9 Å². The van der Waals surface area contributed by atoms with E-state index < -0.39 is 0 Å². The summed E-state index contributed by atoms with van der Waals surface area (Å²) in [6.45, 7) is 0.514. The molecule has 0 aliphatic carbocycles. The predicted molar refractivity (Wildman–Crippen MR) is 66.9 cm³/mol. The summed E-state index contributed by atoms with van der Waals surface area (Å²) < 4.78 is 0. The lowest BCUT2D eigenvalue weighted by Gasteiger charge is -2.36. The van der Waals surface area contributed by atoms with E-state index in [9.17, 15) is 9.59 Å². The molecule has 5 heteroatoms. The van der Waals surface area contributed by atoms with Crippen molar-refractivity contribution in [1.82, 2.24) is 15.5 Å². The Balaban J connectivity index is 1.62. The highest BCUT2D eigenvalue weighted by Gasteiger charge is 2.38. The van der Waals surface area contributed by atoms with Gasteiger partial charge >= 0.3 is 0 Å². The minimum absolute atomic E-state index is 0.00660. The molecule has 2 N–H and O–H groups in total. The van der Waals surface area contributed by atoms with E-state index in [2.05, 4.69) is 10.6 Å². The Bertz CT molecular complexity index is 359. The van der Waals surface area contributed by atoms with Crippen molar-refractivity contribution in [2.45, 2.75) is 50.2 Å². The number of hydrogen-bond donors (Lipinski definition) is 2. The zero-order valence-corrected chi connectivity index (χ0v) is 10.8. The topological polar surface area (TPSA) is 61.4 Å². The number of nitrogens with one attached hydrogen (secondary N) is 2.